The van der Waals surface area contributed by atoms with Gasteiger partial charge in [-0.15, -0.1) is 0 Å². The summed E-state index contributed by atoms with van der Waals surface area (Å²) in [6.07, 6.45) is 7.52. The summed E-state index contributed by atoms with van der Waals surface area (Å²) in [5, 5.41) is 0.569. The zero-order valence-electron chi connectivity index (χ0n) is 18.0. The second-order valence-electron chi connectivity index (χ2n) is 7.99. The first-order valence-corrected chi connectivity index (χ1v) is 10.9. The van der Waals surface area contributed by atoms with Crippen LogP contribution in [0.3, 0.4) is 0 Å². The Labute approximate surface area is 178 Å². The van der Waals surface area contributed by atoms with Crippen molar-refractivity contribution in [3.63, 3.8) is 0 Å². The Morgan fingerprint density at radius 1 is 0.967 bits per heavy atom. The average Bonchev–Trinajstić information content (AvgIpc) is 2.76. The van der Waals surface area contributed by atoms with Gasteiger partial charge in [-0.25, -0.2) is 0 Å². The Balaban J connectivity index is 1.79. The molecule has 0 aliphatic carbocycles. The van der Waals surface area contributed by atoms with Crippen molar-refractivity contribution in [1.82, 2.24) is 4.90 Å². The predicted molar refractivity (Wildman–Crippen MR) is 121 cm³/mol. The van der Waals surface area contributed by atoms with E-state index in [-0.39, 0.29) is 17.9 Å². The molecular weight excluding hydrogens is 374 g/mol. The number of carbonyl (C=O) groups excluding carboxylic acids is 1. The largest absolute Gasteiger partial charge is 0.464 e. The van der Waals surface area contributed by atoms with Gasteiger partial charge in [0.15, 0.2) is 5.43 Å². The van der Waals surface area contributed by atoms with Crippen molar-refractivity contribution in [3.8, 4) is 0 Å². The SMILES string of the molecule is CCCCCCCC(=O)N(Cc1ccccc1)Cc1coc2ccc(C)cc2c1=O. The summed E-state index contributed by atoms with van der Waals surface area (Å²) in [6, 6.07) is 15.5. The molecule has 4 nitrogen and oxygen atoms in total. The second kappa shape index (κ2) is 10.8. The van der Waals surface area contributed by atoms with Gasteiger partial charge in [-0.1, -0.05) is 74.6 Å². The zero-order valence-corrected chi connectivity index (χ0v) is 18.0. The van der Waals surface area contributed by atoms with E-state index in [2.05, 4.69) is 6.92 Å². The van der Waals surface area contributed by atoms with Crippen LogP contribution in [-0.2, 0) is 17.9 Å². The third-order valence-electron chi connectivity index (χ3n) is 5.42. The van der Waals surface area contributed by atoms with E-state index in [4.69, 9.17) is 4.42 Å². The van der Waals surface area contributed by atoms with Gasteiger partial charge < -0.3 is 9.32 Å². The van der Waals surface area contributed by atoms with Crippen LogP contribution >= 0.6 is 0 Å². The number of rotatable bonds is 10. The summed E-state index contributed by atoms with van der Waals surface area (Å²) in [7, 11) is 0. The first-order valence-electron chi connectivity index (χ1n) is 10.9. The lowest BCUT2D eigenvalue weighted by Gasteiger charge is -2.23. The van der Waals surface area contributed by atoms with Gasteiger partial charge in [-0.3, -0.25) is 9.59 Å². The van der Waals surface area contributed by atoms with Crippen molar-refractivity contribution in [2.45, 2.75) is 65.5 Å². The van der Waals surface area contributed by atoms with Gasteiger partial charge in [0, 0.05) is 13.0 Å². The molecule has 0 N–H and O–H groups in total. The highest BCUT2D eigenvalue weighted by molar-refractivity contribution is 5.78. The molecule has 1 amide bonds. The smallest absolute Gasteiger partial charge is 0.223 e. The van der Waals surface area contributed by atoms with Crippen molar-refractivity contribution in [2.24, 2.45) is 0 Å². The van der Waals surface area contributed by atoms with Crippen LogP contribution in [0.5, 0.6) is 0 Å². The Morgan fingerprint density at radius 2 is 1.73 bits per heavy atom. The molecule has 0 aliphatic heterocycles. The molecule has 0 fully saturated rings. The number of hydrogen-bond donors (Lipinski definition) is 0. The Bertz CT molecular complexity index is 1020. The van der Waals surface area contributed by atoms with Crippen LogP contribution in [0, 0.1) is 6.92 Å². The van der Waals surface area contributed by atoms with Crippen molar-refractivity contribution in [3.05, 3.63) is 81.7 Å². The maximum atomic E-state index is 13.0. The zero-order chi connectivity index (χ0) is 21.3. The summed E-state index contributed by atoms with van der Waals surface area (Å²) >= 11 is 0. The molecule has 30 heavy (non-hydrogen) atoms. The van der Waals surface area contributed by atoms with Gasteiger partial charge in [0.2, 0.25) is 5.91 Å². The molecule has 0 saturated carbocycles. The minimum atomic E-state index is -0.0613. The fraction of sp³-hybridized carbons (Fsp3) is 0.385. The van der Waals surface area contributed by atoms with Crippen molar-refractivity contribution >= 4 is 16.9 Å². The Kier molecular flexibility index (Phi) is 7.83. The Hall–Kier alpha value is -2.88. The third-order valence-corrected chi connectivity index (χ3v) is 5.42. The van der Waals surface area contributed by atoms with E-state index in [0.717, 1.165) is 30.4 Å². The van der Waals surface area contributed by atoms with E-state index < -0.39 is 0 Å². The number of aryl methyl sites for hydroxylation is 1. The van der Waals surface area contributed by atoms with Crippen LogP contribution in [0.25, 0.3) is 11.0 Å². The van der Waals surface area contributed by atoms with E-state index in [1.807, 2.05) is 55.5 Å². The van der Waals surface area contributed by atoms with Gasteiger partial charge in [0.1, 0.15) is 5.58 Å². The van der Waals surface area contributed by atoms with Crippen LogP contribution in [0.4, 0.5) is 0 Å². The van der Waals surface area contributed by atoms with Gasteiger partial charge in [-0.05, 0) is 31.0 Å². The molecule has 0 unspecified atom stereocenters. The van der Waals surface area contributed by atoms with E-state index in [9.17, 15) is 9.59 Å². The normalized spacial score (nSPS) is 11.0. The summed E-state index contributed by atoms with van der Waals surface area (Å²) in [6.45, 7) is 4.88. The highest BCUT2D eigenvalue weighted by Gasteiger charge is 2.17. The standard InChI is InChI=1S/C26H31NO3/c1-3-4-5-6-10-13-25(28)27(17-21-11-8-7-9-12-21)18-22-19-30-24-15-14-20(2)16-23(24)26(22)29/h7-9,11-12,14-16,19H,3-6,10,13,17-18H2,1-2H3. The monoisotopic (exact) mass is 405 g/mol. The summed E-state index contributed by atoms with van der Waals surface area (Å²) in [5.74, 6) is 0.0825. The highest BCUT2D eigenvalue weighted by atomic mass is 16.3. The van der Waals surface area contributed by atoms with Gasteiger partial charge in [0.25, 0.3) is 0 Å². The molecule has 0 radical (unpaired) electrons. The highest BCUT2D eigenvalue weighted by Crippen LogP contribution is 2.17. The fourth-order valence-corrected chi connectivity index (χ4v) is 3.67. The maximum absolute atomic E-state index is 13.0. The minimum Gasteiger partial charge on any atom is -0.464 e. The molecule has 3 aromatic rings. The number of fused-ring (bicyclic) bond motifs is 1. The lowest BCUT2D eigenvalue weighted by molar-refractivity contribution is -0.132. The average molecular weight is 406 g/mol. The lowest BCUT2D eigenvalue weighted by Crippen LogP contribution is -2.31. The number of unbranched alkanes of at least 4 members (excludes halogenated alkanes) is 4. The summed E-state index contributed by atoms with van der Waals surface area (Å²) in [5.41, 5.74) is 3.09. The molecule has 4 heteroatoms. The van der Waals surface area contributed by atoms with E-state index in [1.165, 1.54) is 19.1 Å². The van der Waals surface area contributed by atoms with Crippen molar-refractivity contribution < 1.29 is 9.21 Å². The molecule has 0 spiro atoms. The lowest BCUT2D eigenvalue weighted by atomic mass is 10.1. The molecule has 2 aromatic carbocycles. The van der Waals surface area contributed by atoms with E-state index in [0.29, 0.717) is 29.5 Å². The molecule has 0 bridgehead atoms. The van der Waals surface area contributed by atoms with Crippen LogP contribution in [0.15, 0.2) is 64.0 Å². The maximum Gasteiger partial charge on any atom is 0.223 e. The van der Waals surface area contributed by atoms with Crippen molar-refractivity contribution in [2.75, 3.05) is 0 Å². The number of amides is 1. The predicted octanol–water partition coefficient (Wildman–Crippen LogP) is 5.99. The Morgan fingerprint density at radius 3 is 2.50 bits per heavy atom. The number of benzene rings is 2. The summed E-state index contributed by atoms with van der Waals surface area (Å²) < 4.78 is 5.70. The van der Waals surface area contributed by atoms with Crippen LogP contribution in [-0.4, -0.2) is 10.8 Å². The van der Waals surface area contributed by atoms with Crippen LogP contribution < -0.4 is 5.43 Å². The van der Waals surface area contributed by atoms with Crippen molar-refractivity contribution in [1.29, 1.82) is 0 Å². The molecule has 158 valence electrons. The van der Waals surface area contributed by atoms with E-state index in [1.54, 1.807) is 4.90 Å². The molecule has 3 rings (SSSR count). The fourth-order valence-electron chi connectivity index (χ4n) is 3.67. The third kappa shape index (κ3) is 5.82. The van der Waals surface area contributed by atoms with E-state index >= 15 is 0 Å². The number of nitrogens with zero attached hydrogens (tertiary/aromatic N) is 1. The first kappa shape index (κ1) is 21.8. The molecular formula is C26H31NO3. The minimum absolute atomic E-state index is 0.0613. The van der Waals surface area contributed by atoms with Crippen LogP contribution in [0.1, 0.15) is 62.1 Å². The number of carbonyl (C=O) groups is 1. The quantitative estimate of drug-likeness (QED) is 0.389. The molecule has 0 atom stereocenters. The number of hydrogen-bond acceptors (Lipinski definition) is 3. The van der Waals surface area contributed by atoms with Crippen LogP contribution in [0.2, 0.25) is 0 Å². The van der Waals surface area contributed by atoms with Gasteiger partial charge in [0.05, 0.1) is 23.8 Å². The van der Waals surface area contributed by atoms with Gasteiger partial charge in [-0.2, -0.15) is 0 Å². The summed E-state index contributed by atoms with van der Waals surface area (Å²) in [4.78, 5) is 27.8. The molecule has 1 heterocycles. The first-order chi connectivity index (χ1) is 14.6. The molecule has 0 saturated heterocycles. The topological polar surface area (TPSA) is 50.5 Å². The molecule has 1 aromatic heterocycles. The molecule has 0 aliphatic rings. The second-order valence-corrected chi connectivity index (χ2v) is 7.99. The van der Waals surface area contributed by atoms with Gasteiger partial charge >= 0.3 is 0 Å².